The van der Waals surface area contributed by atoms with Gasteiger partial charge in [0.1, 0.15) is 5.60 Å². The molecule has 2 aromatic carbocycles. The summed E-state index contributed by atoms with van der Waals surface area (Å²) in [6.07, 6.45) is 2.40. The van der Waals surface area contributed by atoms with E-state index in [9.17, 15) is 9.59 Å². The van der Waals surface area contributed by atoms with Crippen molar-refractivity contribution in [1.82, 2.24) is 5.32 Å². The summed E-state index contributed by atoms with van der Waals surface area (Å²) in [5.74, 6) is 0.0621. The van der Waals surface area contributed by atoms with Gasteiger partial charge in [-0.25, -0.2) is 4.79 Å². The fourth-order valence-corrected chi connectivity index (χ4v) is 3.18. The molecule has 0 aromatic heterocycles. The highest BCUT2D eigenvalue weighted by Crippen LogP contribution is 2.18. The van der Waals surface area contributed by atoms with Crippen molar-refractivity contribution < 1.29 is 14.3 Å². The van der Waals surface area contributed by atoms with E-state index in [2.05, 4.69) is 12.2 Å². The van der Waals surface area contributed by atoms with Gasteiger partial charge in [-0.2, -0.15) is 0 Å². The van der Waals surface area contributed by atoms with Gasteiger partial charge in [0.15, 0.2) is 0 Å². The second-order valence-corrected chi connectivity index (χ2v) is 8.48. The van der Waals surface area contributed by atoms with Crippen LogP contribution in [0.3, 0.4) is 0 Å². The van der Waals surface area contributed by atoms with Crippen LogP contribution in [0, 0.1) is 0 Å². The smallest absolute Gasteiger partial charge is 0.407 e. The summed E-state index contributed by atoms with van der Waals surface area (Å²) in [4.78, 5) is 27.2. The van der Waals surface area contributed by atoms with Gasteiger partial charge in [0, 0.05) is 18.7 Å². The zero-order chi connectivity index (χ0) is 22.0. The molecule has 0 aliphatic carbocycles. The fourth-order valence-electron chi connectivity index (χ4n) is 3.18. The third-order valence-corrected chi connectivity index (χ3v) is 4.56. The van der Waals surface area contributed by atoms with Gasteiger partial charge in [-0.05, 0) is 51.3 Å². The molecule has 0 aliphatic rings. The molecule has 1 atom stereocenters. The van der Waals surface area contributed by atoms with Gasteiger partial charge in [-0.3, -0.25) is 4.79 Å². The van der Waals surface area contributed by atoms with Crippen molar-refractivity contribution in [2.45, 2.75) is 65.0 Å². The monoisotopic (exact) mass is 410 g/mol. The Morgan fingerprint density at radius 3 is 2.17 bits per heavy atom. The second-order valence-electron chi connectivity index (χ2n) is 8.48. The topological polar surface area (TPSA) is 58.6 Å². The van der Waals surface area contributed by atoms with Crippen molar-refractivity contribution in [3.05, 3.63) is 66.2 Å². The number of carbonyl (C=O) groups is 2. The van der Waals surface area contributed by atoms with E-state index in [0.29, 0.717) is 19.4 Å². The first kappa shape index (κ1) is 23.5. The number of alkyl carbamates (subject to hydrolysis) is 1. The molecular formula is C25H34N2O3. The molecule has 162 valence electrons. The van der Waals surface area contributed by atoms with Crippen LogP contribution in [0.5, 0.6) is 0 Å². The maximum Gasteiger partial charge on any atom is 0.407 e. The second kappa shape index (κ2) is 11.4. The summed E-state index contributed by atoms with van der Waals surface area (Å²) in [5, 5.41) is 2.98. The maximum atomic E-state index is 13.0. The average molecular weight is 411 g/mol. The highest BCUT2D eigenvalue weighted by Gasteiger charge is 2.24. The van der Waals surface area contributed by atoms with Crippen molar-refractivity contribution in [2.75, 3.05) is 11.4 Å². The first-order chi connectivity index (χ1) is 14.3. The Labute approximate surface area is 180 Å². The lowest BCUT2D eigenvalue weighted by Crippen LogP contribution is -2.48. The molecule has 5 heteroatoms. The zero-order valence-electron chi connectivity index (χ0n) is 18.6. The van der Waals surface area contributed by atoms with Crippen LogP contribution in [-0.2, 0) is 16.0 Å². The predicted octanol–water partition coefficient (Wildman–Crippen LogP) is 5.35. The predicted molar refractivity (Wildman–Crippen MR) is 122 cm³/mol. The number of amides is 2. The van der Waals surface area contributed by atoms with Gasteiger partial charge in [0.25, 0.3) is 0 Å². The van der Waals surface area contributed by atoms with Gasteiger partial charge in [-0.15, -0.1) is 0 Å². The molecule has 0 bridgehead atoms. The van der Waals surface area contributed by atoms with E-state index in [1.54, 1.807) is 4.90 Å². The molecular weight excluding hydrogens is 376 g/mol. The van der Waals surface area contributed by atoms with Gasteiger partial charge >= 0.3 is 6.09 Å². The summed E-state index contributed by atoms with van der Waals surface area (Å²) in [7, 11) is 0. The lowest BCUT2D eigenvalue weighted by molar-refractivity contribution is -0.118. The van der Waals surface area contributed by atoms with Gasteiger partial charge < -0.3 is 15.0 Å². The van der Waals surface area contributed by atoms with E-state index in [0.717, 1.165) is 24.1 Å². The van der Waals surface area contributed by atoms with Crippen LogP contribution in [0.4, 0.5) is 10.5 Å². The van der Waals surface area contributed by atoms with E-state index in [-0.39, 0.29) is 11.9 Å². The summed E-state index contributed by atoms with van der Waals surface area (Å²) < 4.78 is 5.47. The molecule has 2 rings (SSSR count). The SMILES string of the molecule is CCCCC(=O)N(CC(Cc1ccccc1)NC(=O)OC(C)(C)C)c1ccccc1. The van der Waals surface area contributed by atoms with Gasteiger partial charge in [0.2, 0.25) is 5.91 Å². The number of rotatable bonds is 9. The number of carbonyl (C=O) groups excluding carboxylic acids is 2. The Morgan fingerprint density at radius 1 is 1.00 bits per heavy atom. The molecule has 0 heterocycles. The van der Waals surface area contributed by atoms with Crippen LogP contribution in [0.1, 0.15) is 52.5 Å². The van der Waals surface area contributed by atoms with Crippen LogP contribution in [-0.4, -0.2) is 30.2 Å². The van der Waals surface area contributed by atoms with E-state index in [1.165, 1.54) is 0 Å². The molecule has 1 N–H and O–H groups in total. The Kier molecular flexibility index (Phi) is 8.90. The van der Waals surface area contributed by atoms with Crippen molar-refractivity contribution in [1.29, 1.82) is 0 Å². The zero-order valence-corrected chi connectivity index (χ0v) is 18.6. The highest BCUT2D eigenvalue weighted by molar-refractivity contribution is 5.93. The lowest BCUT2D eigenvalue weighted by Gasteiger charge is -2.29. The molecule has 0 spiro atoms. The summed E-state index contributed by atoms with van der Waals surface area (Å²) >= 11 is 0. The van der Waals surface area contributed by atoms with E-state index >= 15 is 0 Å². The van der Waals surface area contributed by atoms with Gasteiger partial charge in [0.05, 0.1) is 6.04 Å². The van der Waals surface area contributed by atoms with Crippen LogP contribution in [0.15, 0.2) is 60.7 Å². The summed E-state index contributed by atoms with van der Waals surface area (Å²) in [5.41, 5.74) is 1.34. The minimum Gasteiger partial charge on any atom is -0.444 e. The number of unbranched alkanes of at least 4 members (excludes halogenated alkanes) is 1. The minimum atomic E-state index is -0.586. The Hall–Kier alpha value is -2.82. The third-order valence-electron chi connectivity index (χ3n) is 4.56. The molecule has 2 amide bonds. The van der Waals surface area contributed by atoms with E-state index in [4.69, 9.17) is 4.74 Å². The third kappa shape index (κ3) is 8.27. The molecule has 0 saturated carbocycles. The maximum absolute atomic E-state index is 13.0. The van der Waals surface area contributed by atoms with Gasteiger partial charge in [-0.1, -0.05) is 61.9 Å². The number of ether oxygens (including phenoxy) is 1. The number of nitrogens with zero attached hydrogens (tertiary/aromatic N) is 1. The number of hydrogen-bond acceptors (Lipinski definition) is 3. The van der Waals surface area contributed by atoms with Crippen LogP contribution < -0.4 is 10.2 Å². The Morgan fingerprint density at radius 2 is 1.60 bits per heavy atom. The largest absolute Gasteiger partial charge is 0.444 e. The highest BCUT2D eigenvalue weighted by atomic mass is 16.6. The first-order valence-electron chi connectivity index (χ1n) is 10.7. The molecule has 1 unspecified atom stereocenters. The van der Waals surface area contributed by atoms with Crippen molar-refractivity contribution >= 4 is 17.7 Å². The summed E-state index contributed by atoms with van der Waals surface area (Å²) in [6, 6.07) is 19.3. The summed E-state index contributed by atoms with van der Waals surface area (Å²) in [6.45, 7) is 7.96. The first-order valence-corrected chi connectivity index (χ1v) is 10.7. The molecule has 2 aromatic rings. The minimum absolute atomic E-state index is 0.0621. The molecule has 5 nitrogen and oxygen atoms in total. The molecule has 0 fully saturated rings. The van der Waals surface area contributed by atoms with Crippen molar-refractivity contribution in [2.24, 2.45) is 0 Å². The quantitative estimate of drug-likeness (QED) is 0.606. The number of para-hydroxylation sites is 1. The van der Waals surface area contributed by atoms with Crippen molar-refractivity contribution in [3.8, 4) is 0 Å². The Balaban J connectivity index is 2.24. The normalized spacial score (nSPS) is 12.1. The Bertz CT molecular complexity index is 785. The standard InChI is InChI=1S/C25H34N2O3/c1-5-6-17-23(28)27(22-15-11-8-12-16-22)19-21(18-20-13-9-7-10-14-20)26-24(29)30-25(2,3)4/h7-16,21H,5-6,17-19H2,1-4H3,(H,26,29). The van der Waals surface area contributed by atoms with Crippen LogP contribution in [0.25, 0.3) is 0 Å². The van der Waals surface area contributed by atoms with E-state index in [1.807, 2.05) is 81.4 Å². The number of benzene rings is 2. The molecule has 0 saturated heterocycles. The molecule has 0 radical (unpaired) electrons. The van der Waals surface area contributed by atoms with E-state index < -0.39 is 11.7 Å². The number of nitrogens with one attached hydrogen (secondary N) is 1. The van der Waals surface area contributed by atoms with Crippen molar-refractivity contribution in [3.63, 3.8) is 0 Å². The number of hydrogen-bond donors (Lipinski definition) is 1. The lowest BCUT2D eigenvalue weighted by atomic mass is 10.0. The van der Waals surface area contributed by atoms with Crippen LogP contribution >= 0.6 is 0 Å². The average Bonchev–Trinajstić information content (AvgIpc) is 2.70. The number of anilines is 1. The molecule has 30 heavy (non-hydrogen) atoms. The fraction of sp³-hybridized carbons (Fsp3) is 0.440. The van der Waals surface area contributed by atoms with Crippen LogP contribution in [0.2, 0.25) is 0 Å². The molecule has 0 aliphatic heterocycles.